The van der Waals surface area contributed by atoms with Crippen LogP contribution in [0.1, 0.15) is 37.3 Å². The van der Waals surface area contributed by atoms with E-state index >= 15 is 0 Å². The number of halogens is 2. The molecule has 0 N–H and O–H groups in total. The first-order chi connectivity index (χ1) is 18.0. The second-order valence-corrected chi connectivity index (χ2v) is 9.68. The molecule has 3 rings (SSSR count). The van der Waals surface area contributed by atoms with Gasteiger partial charge in [0.05, 0.1) is 33.8 Å². The van der Waals surface area contributed by atoms with Crippen LogP contribution >= 0.6 is 0 Å². The van der Waals surface area contributed by atoms with Gasteiger partial charge in [0.15, 0.2) is 11.5 Å². The monoisotopic (exact) mass is 533 g/mol. The van der Waals surface area contributed by atoms with Gasteiger partial charge in [-0.15, -0.1) is 0 Å². The minimum atomic E-state index is -2.74. The lowest BCUT2D eigenvalue weighted by Crippen LogP contribution is -2.49. The molecule has 1 heterocycles. The number of methoxy groups -OCH3 is 2. The van der Waals surface area contributed by atoms with Crippen LogP contribution in [0, 0.1) is 0 Å². The highest BCUT2D eigenvalue weighted by Gasteiger charge is 2.28. The van der Waals surface area contributed by atoms with Gasteiger partial charge in [-0.25, -0.2) is 13.6 Å². The van der Waals surface area contributed by atoms with E-state index in [-0.39, 0.29) is 37.8 Å². The van der Waals surface area contributed by atoms with Crippen molar-refractivity contribution in [2.75, 3.05) is 52.9 Å². The number of ether oxygens (including phenoxy) is 3. The Bertz CT molecular complexity index is 1120. The van der Waals surface area contributed by atoms with Crippen molar-refractivity contribution in [2.45, 2.75) is 45.1 Å². The predicted octanol–water partition coefficient (Wildman–Crippen LogP) is 4.98. The van der Waals surface area contributed by atoms with Crippen molar-refractivity contribution in [3.8, 4) is 17.2 Å². The summed E-state index contributed by atoms with van der Waals surface area (Å²) in [6.45, 7) is 2.47. The molecular weight excluding hydrogens is 496 g/mol. The Morgan fingerprint density at radius 3 is 2.42 bits per heavy atom. The smallest absolute Gasteiger partial charge is 0.324 e. The van der Waals surface area contributed by atoms with Crippen LogP contribution in [0.3, 0.4) is 0 Å². The molecule has 0 radical (unpaired) electrons. The summed E-state index contributed by atoms with van der Waals surface area (Å²) in [6.07, 6.45) is 0.947. The number of hydrogen-bond acceptors (Lipinski definition) is 5. The number of hydrogen-bond donors (Lipinski definition) is 0. The Kier molecular flexibility index (Phi) is 9.77. The Hall–Kier alpha value is -3.56. The van der Waals surface area contributed by atoms with Crippen LogP contribution in [0.2, 0.25) is 0 Å². The van der Waals surface area contributed by atoms with Gasteiger partial charge in [0.1, 0.15) is 5.75 Å². The molecule has 1 aliphatic rings. The summed E-state index contributed by atoms with van der Waals surface area (Å²) in [5, 5.41) is 0. The Morgan fingerprint density at radius 2 is 1.76 bits per heavy atom. The number of carbonyl (C=O) groups excluding carboxylic acids is 2. The van der Waals surface area contributed by atoms with Gasteiger partial charge >= 0.3 is 6.03 Å². The first-order valence-corrected chi connectivity index (χ1v) is 12.6. The largest absolute Gasteiger partial charge is 0.496 e. The summed E-state index contributed by atoms with van der Waals surface area (Å²) in [5.74, 6) is -1.26. The van der Waals surface area contributed by atoms with E-state index in [0.717, 1.165) is 24.5 Å². The maximum atomic E-state index is 13.5. The number of urea groups is 1. The number of alkyl halides is 2. The van der Waals surface area contributed by atoms with Crippen LogP contribution in [0.15, 0.2) is 36.4 Å². The van der Waals surface area contributed by atoms with Crippen molar-refractivity contribution in [3.05, 3.63) is 47.5 Å². The number of carbonyl (C=O) groups is 2. The molecule has 0 bridgehead atoms. The predicted molar refractivity (Wildman–Crippen MR) is 142 cm³/mol. The van der Waals surface area contributed by atoms with Crippen molar-refractivity contribution in [1.29, 1.82) is 0 Å². The van der Waals surface area contributed by atoms with E-state index in [2.05, 4.69) is 0 Å². The van der Waals surface area contributed by atoms with Gasteiger partial charge in [-0.05, 0) is 43.5 Å². The van der Waals surface area contributed by atoms with E-state index in [9.17, 15) is 18.4 Å². The van der Waals surface area contributed by atoms with Crippen LogP contribution in [0.25, 0.3) is 0 Å². The molecule has 0 unspecified atom stereocenters. The van der Waals surface area contributed by atoms with Crippen LogP contribution in [-0.2, 0) is 17.8 Å². The number of anilines is 1. The van der Waals surface area contributed by atoms with Crippen molar-refractivity contribution in [1.82, 2.24) is 9.80 Å². The van der Waals surface area contributed by atoms with E-state index in [4.69, 9.17) is 14.2 Å². The number of rotatable bonds is 12. The van der Waals surface area contributed by atoms with Gasteiger partial charge in [-0.2, -0.15) is 0 Å². The molecule has 2 aromatic carbocycles. The first kappa shape index (κ1) is 29.0. The van der Waals surface area contributed by atoms with Gasteiger partial charge in [0.25, 0.3) is 0 Å². The summed E-state index contributed by atoms with van der Waals surface area (Å²) in [6, 6.07) is 10.7. The molecule has 38 heavy (non-hydrogen) atoms. The summed E-state index contributed by atoms with van der Waals surface area (Å²) in [4.78, 5) is 30.5. The second kappa shape index (κ2) is 12.8. The fraction of sp³-hybridized carbons (Fsp3) is 0.500. The third-order valence-electron chi connectivity index (χ3n) is 6.35. The molecule has 10 heteroatoms. The maximum Gasteiger partial charge on any atom is 0.324 e. The lowest BCUT2D eigenvalue weighted by Gasteiger charge is -2.36. The van der Waals surface area contributed by atoms with E-state index in [1.807, 2.05) is 18.2 Å². The minimum absolute atomic E-state index is 0.00667. The van der Waals surface area contributed by atoms with Crippen LogP contribution in [-0.4, -0.2) is 75.7 Å². The molecule has 0 saturated carbocycles. The molecule has 0 aliphatic carbocycles. The van der Waals surface area contributed by atoms with Crippen LogP contribution < -0.4 is 19.1 Å². The molecule has 1 fully saturated rings. The molecule has 0 atom stereocenters. The van der Waals surface area contributed by atoms with E-state index in [0.29, 0.717) is 42.6 Å². The number of amides is 3. The number of likely N-dealkylation sites (N-methyl/N-ethyl adjacent to an activating group) is 1. The van der Waals surface area contributed by atoms with Crippen LogP contribution in [0.5, 0.6) is 17.2 Å². The van der Waals surface area contributed by atoms with Crippen molar-refractivity contribution >= 4 is 17.6 Å². The van der Waals surface area contributed by atoms with Crippen molar-refractivity contribution in [2.24, 2.45) is 0 Å². The molecule has 8 nitrogen and oxygen atoms in total. The lowest BCUT2D eigenvalue weighted by atomic mass is 10.1. The first-order valence-electron chi connectivity index (χ1n) is 12.6. The van der Waals surface area contributed by atoms with Gasteiger partial charge in [-0.3, -0.25) is 9.69 Å². The van der Waals surface area contributed by atoms with Crippen molar-refractivity contribution in [3.63, 3.8) is 0 Å². The molecule has 3 amide bonds. The minimum Gasteiger partial charge on any atom is -0.496 e. The molecule has 1 saturated heterocycles. The van der Waals surface area contributed by atoms with E-state index in [1.165, 1.54) is 7.11 Å². The van der Waals surface area contributed by atoms with Gasteiger partial charge < -0.3 is 24.0 Å². The van der Waals surface area contributed by atoms with E-state index < -0.39 is 5.92 Å². The van der Waals surface area contributed by atoms with Gasteiger partial charge in [0, 0.05) is 50.9 Å². The van der Waals surface area contributed by atoms with E-state index in [1.54, 1.807) is 54.1 Å². The number of benzene rings is 2. The van der Waals surface area contributed by atoms with Crippen molar-refractivity contribution < 1.29 is 32.6 Å². The fourth-order valence-electron chi connectivity index (χ4n) is 4.25. The summed E-state index contributed by atoms with van der Waals surface area (Å²) < 4.78 is 42.9. The average Bonchev–Trinajstić information content (AvgIpc) is 2.87. The lowest BCUT2D eigenvalue weighted by molar-refractivity contribution is -0.127. The Labute approximate surface area is 223 Å². The molecular formula is C28H37F2N3O5. The second-order valence-electron chi connectivity index (χ2n) is 9.68. The molecule has 0 aromatic heterocycles. The standard InChI is InChI=1S/C28H37F2N3O5/c1-28(29,30)12-6-15-38-25-18-22(10-11-23(25)36-4)33-14-7-13-32(27(33)35)19-21-9-8-20(16-24(21)37-5)17-26(34)31(2)3/h8-11,16,18H,6-7,12-15,17,19H2,1-5H3. The maximum absolute atomic E-state index is 13.5. The normalized spacial score (nSPS) is 13.9. The van der Waals surface area contributed by atoms with Crippen LogP contribution in [0.4, 0.5) is 19.3 Å². The quantitative estimate of drug-likeness (QED) is 0.360. The third kappa shape index (κ3) is 7.72. The highest BCUT2D eigenvalue weighted by molar-refractivity contribution is 5.93. The molecule has 2 aromatic rings. The number of nitrogens with zero attached hydrogens (tertiary/aromatic N) is 3. The zero-order valence-electron chi connectivity index (χ0n) is 22.8. The van der Waals surface area contributed by atoms with Gasteiger partial charge in [0.2, 0.25) is 11.8 Å². The fourth-order valence-corrected chi connectivity index (χ4v) is 4.25. The zero-order valence-corrected chi connectivity index (χ0v) is 22.8. The molecule has 208 valence electrons. The third-order valence-corrected chi connectivity index (χ3v) is 6.35. The summed E-state index contributed by atoms with van der Waals surface area (Å²) in [7, 11) is 6.51. The SMILES string of the molecule is COc1cc(CC(=O)N(C)C)ccc1CN1CCCN(c2ccc(OC)c(OCCCC(C)(F)F)c2)C1=O. The highest BCUT2D eigenvalue weighted by Crippen LogP contribution is 2.34. The zero-order chi connectivity index (χ0) is 27.9. The van der Waals surface area contributed by atoms with Gasteiger partial charge in [-0.1, -0.05) is 12.1 Å². The Balaban J connectivity index is 1.72. The molecule has 1 aliphatic heterocycles. The molecule has 0 spiro atoms. The summed E-state index contributed by atoms with van der Waals surface area (Å²) >= 11 is 0. The average molecular weight is 534 g/mol. The highest BCUT2D eigenvalue weighted by atomic mass is 19.3. The Morgan fingerprint density at radius 1 is 1.03 bits per heavy atom. The summed E-state index contributed by atoms with van der Waals surface area (Å²) in [5.41, 5.74) is 2.32. The topological polar surface area (TPSA) is 71.6 Å².